The molecule has 0 atom stereocenters. The van der Waals surface area contributed by atoms with Gasteiger partial charge < -0.3 is 10.4 Å². The Balaban J connectivity index is 1.74. The fourth-order valence-electron chi connectivity index (χ4n) is 2.58. The SMILES string of the molecule is O=C(O)c1ccc(CCCC2CCNCC2)cc1. The van der Waals surface area contributed by atoms with Gasteiger partial charge in [-0.05, 0) is 62.4 Å². The normalized spacial score (nSPS) is 16.7. The lowest BCUT2D eigenvalue weighted by Crippen LogP contribution is -2.27. The second-order valence-electron chi connectivity index (χ2n) is 5.09. The molecule has 1 aromatic rings. The molecule has 1 aromatic carbocycles. The maximum atomic E-state index is 10.7. The van der Waals surface area contributed by atoms with E-state index in [1.54, 1.807) is 12.1 Å². The van der Waals surface area contributed by atoms with Crippen LogP contribution in [-0.4, -0.2) is 24.2 Å². The molecule has 0 bridgehead atoms. The Labute approximate surface area is 108 Å². The van der Waals surface area contributed by atoms with Gasteiger partial charge in [-0.15, -0.1) is 0 Å². The van der Waals surface area contributed by atoms with Gasteiger partial charge in [0.05, 0.1) is 5.56 Å². The molecule has 1 aliphatic heterocycles. The van der Waals surface area contributed by atoms with Crippen LogP contribution in [0, 0.1) is 5.92 Å². The second-order valence-corrected chi connectivity index (χ2v) is 5.09. The zero-order valence-electron chi connectivity index (χ0n) is 10.7. The number of carboxylic acid groups (broad SMARTS) is 1. The third-order valence-electron chi connectivity index (χ3n) is 3.74. The molecule has 0 aromatic heterocycles. The van der Waals surface area contributed by atoms with E-state index in [1.807, 2.05) is 12.1 Å². The fourth-order valence-corrected chi connectivity index (χ4v) is 2.58. The molecule has 0 unspecified atom stereocenters. The Morgan fingerprint density at radius 3 is 2.50 bits per heavy atom. The van der Waals surface area contributed by atoms with E-state index in [2.05, 4.69) is 5.32 Å². The van der Waals surface area contributed by atoms with Crippen molar-refractivity contribution in [3.63, 3.8) is 0 Å². The van der Waals surface area contributed by atoms with Gasteiger partial charge in [-0.3, -0.25) is 0 Å². The van der Waals surface area contributed by atoms with Gasteiger partial charge in [0.2, 0.25) is 0 Å². The Kier molecular flexibility index (Phi) is 4.76. The molecule has 1 saturated heterocycles. The number of hydrogen-bond donors (Lipinski definition) is 2. The van der Waals surface area contributed by atoms with Crippen molar-refractivity contribution < 1.29 is 9.90 Å². The van der Waals surface area contributed by atoms with E-state index in [1.165, 1.54) is 31.2 Å². The molecule has 3 nitrogen and oxygen atoms in total. The van der Waals surface area contributed by atoms with Crippen LogP contribution in [0.5, 0.6) is 0 Å². The molecule has 0 saturated carbocycles. The molecule has 98 valence electrons. The van der Waals surface area contributed by atoms with Gasteiger partial charge >= 0.3 is 5.97 Å². The molecule has 2 rings (SSSR count). The molecule has 0 amide bonds. The van der Waals surface area contributed by atoms with Crippen molar-refractivity contribution in [3.05, 3.63) is 35.4 Å². The van der Waals surface area contributed by atoms with Crippen LogP contribution in [0.2, 0.25) is 0 Å². The van der Waals surface area contributed by atoms with Crippen LogP contribution < -0.4 is 5.32 Å². The van der Waals surface area contributed by atoms with Crippen LogP contribution in [0.25, 0.3) is 0 Å². The lowest BCUT2D eigenvalue weighted by molar-refractivity contribution is 0.0697. The van der Waals surface area contributed by atoms with Crippen LogP contribution in [0.1, 0.15) is 41.6 Å². The Bertz CT molecular complexity index is 380. The van der Waals surface area contributed by atoms with Crippen molar-refractivity contribution in [1.82, 2.24) is 5.32 Å². The number of hydrogen-bond acceptors (Lipinski definition) is 2. The lowest BCUT2D eigenvalue weighted by Gasteiger charge is -2.22. The van der Waals surface area contributed by atoms with Crippen LogP contribution in [0.4, 0.5) is 0 Å². The molecule has 3 heteroatoms. The summed E-state index contributed by atoms with van der Waals surface area (Å²) in [6.07, 6.45) is 6.17. The Morgan fingerprint density at radius 2 is 1.89 bits per heavy atom. The first-order chi connectivity index (χ1) is 8.75. The lowest BCUT2D eigenvalue weighted by atomic mass is 9.91. The molecule has 0 aliphatic carbocycles. The third-order valence-corrected chi connectivity index (χ3v) is 3.74. The topological polar surface area (TPSA) is 49.3 Å². The summed E-state index contributed by atoms with van der Waals surface area (Å²) in [6.45, 7) is 2.33. The van der Waals surface area contributed by atoms with Crippen LogP contribution >= 0.6 is 0 Å². The average molecular weight is 247 g/mol. The summed E-state index contributed by atoms with van der Waals surface area (Å²) < 4.78 is 0. The molecule has 1 heterocycles. The number of aromatic carboxylic acids is 1. The van der Waals surface area contributed by atoms with Gasteiger partial charge in [0.1, 0.15) is 0 Å². The molecular formula is C15H21NO2. The predicted molar refractivity (Wildman–Crippen MR) is 71.9 cm³/mol. The minimum absolute atomic E-state index is 0.372. The van der Waals surface area contributed by atoms with E-state index in [4.69, 9.17) is 5.11 Å². The summed E-state index contributed by atoms with van der Waals surface area (Å²) in [6, 6.07) is 7.27. The molecular weight excluding hydrogens is 226 g/mol. The maximum absolute atomic E-state index is 10.7. The minimum Gasteiger partial charge on any atom is -0.478 e. The van der Waals surface area contributed by atoms with Crippen molar-refractivity contribution in [2.75, 3.05) is 13.1 Å². The van der Waals surface area contributed by atoms with Crippen LogP contribution in [0.3, 0.4) is 0 Å². The highest BCUT2D eigenvalue weighted by Gasteiger charge is 2.12. The predicted octanol–water partition coefficient (Wildman–Crippen LogP) is 2.71. The molecule has 0 radical (unpaired) electrons. The highest BCUT2D eigenvalue weighted by Crippen LogP contribution is 2.19. The van der Waals surface area contributed by atoms with Crippen molar-refractivity contribution in [2.24, 2.45) is 5.92 Å². The molecule has 1 aliphatic rings. The summed E-state index contributed by atoms with van der Waals surface area (Å²) in [7, 11) is 0. The maximum Gasteiger partial charge on any atom is 0.335 e. The Hall–Kier alpha value is -1.35. The van der Waals surface area contributed by atoms with Gasteiger partial charge in [-0.2, -0.15) is 0 Å². The number of rotatable bonds is 5. The molecule has 2 N–H and O–H groups in total. The molecule has 0 spiro atoms. The zero-order chi connectivity index (χ0) is 12.8. The largest absolute Gasteiger partial charge is 0.478 e. The number of aryl methyl sites for hydroxylation is 1. The minimum atomic E-state index is -0.851. The van der Waals surface area contributed by atoms with Crippen molar-refractivity contribution >= 4 is 5.97 Å². The van der Waals surface area contributed by atoms with E-state index in [9.17, 15) is 4.79 Å². The summed E-state index contributed by atoms with van der Waals surface area (Å²) in [5.41, 5.74) is 1.62. The van der Waals surface area contributed by atoms with Crippen molar-refractivity contribution in [2.45, 2.75) is 32.1 Å². The first-order valence-electron chi connectivity index (χ1n) is 6.78. The van der Waals surface area contributed by atoms with E-state index in [0.29, 0.717) is 5.56 Å². The highest BCUT2D eigenvalue weighted by atomic mass is 16.4. The number of benzene rings is 1. The van der Waals surface area contributed by atoms with E-state index < -0.39 is 5.97 Å². The van der Waals surface area contributed by atoms with Crippen LogP contribution in [-0.2, 0) is 6.42 Å². The summed E-state index contributed by atoms with van der Waals surface area (Å²) in [4.78, 5) is 10.7. The standard InChI is InChI=1S/C15H21NO2/c17-15(18)14-6-4-12(5-7-14)2-1-3-13-8-10-16-11-9-13/h4-7,13,16H,1-3,8-11H2,(H,17,18). The monoisotopic (exact) mass is 247 g/mol. The zero-order valence-corrected chi connectivity index (χ0v) is 10.7. The highest BCUT2D eigenvalue weighted by molar-refractivity contribution is 5.87. The number of carboxylic acids is 1. The van der Waals surface area contributed by atoms with Gasteiger partial charge in [-0.25, -0.2) is 4.79 Å². The molecule has 1 fully saturated rings. The van der Waals surface area contributed by atoms with Crippen molar-refractivity contribution in [1.29, 1.82) is 0 Å². The number of piperidine rings is 1. The fraction of sp³-hybridized carbons (Fsp3) is 0.533. The van der Waals surface area contributed by atoms with Gasteiger partial charge in [0.15, 0.2) is 0 Å². The van der Waals surface area contributed by atoms with E-state index in [0.717, 1.165) is 25.4 Å². The Morgan fingerprint density at radius 1 is 1.22 bits per heavy atom. The quantitative estimate of drug-likeness (QED) is 0.841. The van der Waals surface area contributed by atoms with Crippen LogP contribution in [0.15, 0.2) is 24.3 Å². The summed E-state index contributed by atoms with van der Waals surface area (Å²) in [5, 5.41) is 12.2. The first kappa shape index (κ1) is 13.1. The van der Waals surface area contributed by atoms with E-state index >= 15 is 0 Å². The second kappa shape index (κ2) is 6.55. The first-order valence-corrected chi connectivity index (χ1v) is 6.78. The van der Waals surface area contributed by atoms with E-state index in [-0.39, 0.29) is 0 Å². The van der Waals surface area contributed by atoms with Gasteiger partial charge in [0.25, 0.3) is 0 Å². The number of nitrogens with one attached hydrogen (secondary N) is 1. The number of carbonyl (C=O) groups is 1. The van der Waals surface area contributed by atoms with Gasteiger partial charge in [-0.1, -0.05) is 18.6 Å². The van der Waals surface area contributed by atoms with Crippen molar-refractivity contribution in [3.8, 4) is 0 Å². The average Bonchev–Trinajstić information content (AvgIpc) is 2.40. The smallest absolute Gasteiger partial charge is 0.335 e. The molecule has 18 heavy (non-hydrogen) atoms. The van der Waals surface area contributed by atoms with Gasteiger partial charge in [0, 0.05) is 0 Å². The summed E-state index contributed by atoms with van der Waals surface area (Å²) >= 11 is 0. The third kappa shape index (κ3) is 3.84. The summed E-state index contributed by atoms with van der Waals surface area (Å²) in [5.74, 6) is 0.0285.